The van der Waals surface area contributed by atoms with Crippen LogP contribution in [0.15, 0.2) is 18.2 Å². The Morgan fingerprint density at radius 1 is 1.38 bits per heavy atom. The molecule has 3 atom stereocenters. The maximum absolute atomic E-state index is 6.30. The van der Waals surface area contributed by atoms with Gasteiger partial charge in [0, 0.05) is 28.7 Å². The van der Waals surface area contributed by atoms with Gasteiger partial charge in [0.1, 0.15) is 0 Å². The first-order valence-corrected chi connectivity index (χ1v) is 8.40. The minimum atomic E-state index is 0.191. The summed E-state index contributed by atoms with van der Waals surface area (Å²) >= 11 is 12.6. The standard InChI is InChI=1S/C16H22Cl2N2O/c1-19-15(8-12-13(17)5-2-6-14(12)18)16-9-20-7-3-4-11(20)10-21-16/h2,5-6,11,15-16,19H,3-4,7-10H2,1H3. The highest BCUT2D eigenvalue weighted by atomic mass is 35.5. The van der Waals surface area contributed by atoms with Crippen LogP contribution in [0, 0.1) is 0 Å². The molecule has 3 nitrogen and oxygen atoms in total. The lowest BCUT2D eigenvalue weighted by Crippen LogP contribution is -2.54. The zero-order valence-corrected chi connectivity index (χ0v) is 13.8. The molecular weight excluding hydrogens is 307 g/mol. The van der Waals surface area contributed by atoms with E-state index in [0.29, 0.717) is 6.04 Å². The Labute approximate surface area is 136 Å². The lowest BCUT2D eigenvalue weighted by molar-refractivity contribution is -0.0634. The van der Waals surface area contributed by atoms with Gasteiger partial charge in [0.2, 0.25) is 0 Å². The van der Waals surface area contributed by atoms with Gasteiger partial charge in [-0.15, -0.1) is 0 Å². The molecule has 21 heavy (non-hydrogen) atoms. The average Bonchev–Trinajstić information content (AvgIpc) is 2.94. The topological polar surface area (TPSA) is 24.5 Å². The summed E-state index contributed by atoms with van der Waals surface area (Å²) in [6.45, 7) is 3.05. The van der Waals surface area contributed by atoms with E-state index in [1.807, 2.05) is 25.2 Å². The van der Waals surface area contributed by atoms with Crippen molar-refractivity contribution in [2.45, 2.75) is 37.5 Å². The minimum Gasteiger partial charge on any atom is -0.374 e. The van der Waals surface area contributed by atoms with Crippen molar-refractivity contribution in [1.29, 1.82) is 0 Å². The van der Waals surface area contributed by atoms with Crippen molar-refractivity contribution < 1.29 is 4.74 Å². The first-order chi connectivity index (χ1) is 10.2. The molecule has 0 aliphatic carbocycles. The van der Waals surface area contributed by atoms with Crippen LogP contribution in [0.1, 0.15) is 18.4 Å². The Morgan fingerprint density at radius 2 is 2.14 bits per heavy atom. The van der Waals surface area contributed by atoms with E-state index < -0.39 is 0 Å². The molecule has 2 aliphatic heterocycles. The summed E-state index contributed by atoms with van der Waals surface area (Å²) in [5, 5.41) is 4.85. The van der Waals surface area contributed by atoms with Crippen molar-refractivity contribution in [2.75, 3.05) is 26.7 Å². The second kappa shape index (κ2) is 6.84. The molecule has 0 aromatic heterocycles. The summed E-state index contributed by atoms with van der Waals surface area (Å²) in [4.78, 5) is 2.56. The minimum absolute atomic E-state index is 0.191. The number of benzene rings is 1. The zero-order valence-electron chi connectivity index (χ0n) is 12.3. The third-order valence-corrected chi connectivity index (χ3v) is 5.43. The number of hydrogen-bond donors (Lipinski definition) is 1. The summed E-state index contributed by atoms with van der Waals surface area (Å²) < 4.78 is 6.11. The van der Waals surface area contributed by atoms with Crippen LogP contribution in [0.2, 0.25) is 10.0 Å². The fourth-order valence-corrected chi connectivity index (χ4v) is 4.00. The first-order valence-electron chi connectivity index (χ1n) is 7.65. The lowest BCUT2D eigenvalue weighted by atomic mass is 9.99. The number of morpholine rings is 1. The van der Waals surface area contributed by atoms with Gasteiger partial charge in [-0.1, -0.05) is 29.3 Å². The molecule has 0 bridgehead atoms. The van der Waals surface area contributed by atoms with Gasteiger partial charge in [-0.25, -0.2) is 0 Å². The van der Waals surface area contributed by atoms with E-state index in [4.69, 9.17) is 27.9 Å². The molecule has 2 saturated heterocycles. The number of ether oxygens (including phenoxy) is 1. The number of fused-ring (bicyclic) bond motifs is 1. The van der Waals surface area contributed by atoms with Crippen molar-refractivity contribution in [3.63, 3.8) is 0 Å². The second-order valence-electron chi connectivity index (χ2n) is 5.96. The van der Waals surface area contributed by atoms with Crippen LogP contribution in [-0.4, -0.2) is 49.8 Å². The summed E-state index contributed by atoms with van der Waals surface area (Å²) in [6.07, 6.45) is 3.55. The third-order valence-electron chi connectivity index (χ3n) is 4.72. The number of rotatable bonds is 4. The highest BCUT2D eigenvalue weighted by Crippen LogP contribution is 2.28. The van der Waals surface area contributed by atoms with Crippen LogP contribution in [0.3, 0.4) is 0 Å². The SMILES string of the molecule is CNC(Cc1c(Cl)cccc1Cl)C1CN2CCCC2CO1. The van der Waals surface area contributed by atoms with E-state index >= 15 is 0 Å². The molecule has 1 aromatic rings. The molecule has 3 rings (SSSR count). The van der Waals surface area contributed by atoms with Gasteiger partial charge >= 0.3 is 0 Å². The Balaban J connectivity index is 1.70. The van der Waals surface area contributed by atoms with Crippen LogP contribution in [0.25, 0.3) is 0 Å². The fraction of sp³-hybridized carbons (Fsp3) is 0.625. The van der Waals surface area contributed by atoms with Crippen LogP contribution in [-0.2, 0) is 11.2 Å². The van der Waals surface area contributed by atoms with Gasteiger partial charge in [0.05, 0.1) is 12.7 Å². The van der Waals surface area contributed by atoms with E-state index in [-0.39, 0.29) is 12.1 Å². The fourth-order valence-electron chi connectivity index (χ4n) is 3.45. The number of likely N-dealkylation sites (N-methyl/N-ethyl adjacent to an activating group) is 1. The molecular formula is C16H22Cl2N2O. The predicted molar refractivity (Wildman–Crippen MR) is 87.3 cm³/mol. The number of hydrogen-bond acceptors (Lipinski definition) is 3. The van der Waals surface area contributed by atoms with E-state index in [2.05, 4.69) is 10.2 Å². The van der Waals surface area contributed by atoms with Crippen LogP contribution in [0.4, 0.5) is 0 Å². The van der Waals surface area contributed by atoms with Gasteiger partial charge in [-0.2, -0.15) is 0 Å². The second-order valence-corrected chi connectivity index (χ2v) is 6.78. The Hall–Kier alpha value is -0.320. The van der Waals surface area contributed by atoms with Crippen molar-refractivity contribution in [2.24, 2.45) is 0 Å². The molecule has 0 spiro atoms. The van der Waals surface area contributed by atoms with Gasteiger partial charge in [-0.3, -0.25) is 4.90 Å². The van der Waals surface area contributed by atoms with Gasteiger partial charge in [0.15, 0.2) is 0 Å². The average molecular weight is 329 g/mol. The predicted octanol–water partition coefficient (Wildman–Crippen LogP) is 2.99. The molecule has 1 N–H and O–H groups in total. The smallest absolute Gasteiger partial charge is 0.0858 e. The first kappa shape index (κ1) is 15.6. The maximum Gasteiger partial charge on any atom is 0.0858 e. The van der Waals surface area contributed by atoms with Gasteiger partial charge < -0.3 is 10.1 Å². The molecule has 2 aliphatic rings. The summed E-state index contributed by atoms with van der Waals surface area (Å²) in [5.41, 5.74) is 1.01. The van der Waals surface area contributed by atoms with Crippen molar-refractivity contribution in [3.8, 4) is 0 Å². The normalized spacial score (nSPS) is 27.6. The summed E-state index contributed by atoms with van der Waals surface area (Å²) in [5.74, 6) is 0. The Morgan fingerprint density at radius 3 is 2.86 bits per heavy atom. The quantitative estimate of drug-likeness (QED) is 0.919. The molecule has 0 radical (unpaired) electrons. The zero-order chi connectivity index (χ0) is 14.8. The van der Waals surface area contributed by atoms with E-state index in [0.717, 1.165) is 35.2 Å². The Kier molecular flexibility index (Phi) is 5.07. The van der Waals surface area contributed by atoms with Crippen molar-refractivity contribution >= 4 is 23.2 Å². The molecule has 116 valence electrons. The van der Waals surface area contributed by atoms with Crippen LogP contribution >= 0.6 is 23.2 Å². The highest BCUT2D eigenvalue weighted by molar-refractivity contribution is 6.36. The van der Waals surface area contributed by atoms with Crippen LogP contribution in [0.5, 0.6) is 0 Å². The molecule has 5 heteroatoms. The van der Waals surface area contributed by atoms with E-state index in [9.17, 15) is 0 Å². The highest BCUT2D eigenvalue weighted by Gasteiger charge is 2.35. The lowest BCUT2D eigenvalue weighted by Gasteiger charge is -2.39. The maximum atomic E-state index is 6.30. The molecule has 2 heterocycles. The van der Waals surface area contributed by atoms with Crippen molar-refractivity contribution in [1.82, 2.24) is 10.2 Å². The molecule has 0 saturated carbocycles. The summed E-state index contributed by atoms with van der Waals surface area (Å²) in [7, 11) is 1.98. The number of halogens is 2. The summed E-state index contributed by atoms with van der Waals surface area (Å²) in [6, 6.07) is 6.53. The molecule has 0 amide bonds. The number of nitrogens with one attached hydrogen (secondary N) is 1. The number of nitrogens with zero attached hydrogens (tertiary/aromatic N) is 1. The van der Waals surface area contributed by atoms with Gasteiger partial charge in [0.25, 0.3) is 0 Å². The van der Waals surface area contributed by atoms with E-state index in [1.165, 1.54) is 19.4 Å². The largest absolute Gasteiger partial charge is 0.374 e. The van der Waals surface area contributed by atoms with Gasteiger partial charge in [-0.05, 0) is 50.6 Å². The van der Waals surface area contributed by atoms with E-state index in [1.54, 1.807) is 0 Å². The third kappa shape index (κ3) is 3.38. The van der Waals surface area contributed by atoms with Crippen molar-refractivity contribution in [3.05, 3.63) is 33.8 Å². The molecule has 3 unspecified atom stereocenters. The molecule has 1 aromatic carbocycles. The molecule has 2 fully saturated rings. The van der Waals surface area contributed by atoms with Crippen LogP contribution < -0.4 is 5.32 Å². The monoisotopic (exact) mass is 328 g/mol. The Bertz CT molecular complexity index is 477.